The number of thioether (sulfide) groups is 1. The molecular weight excluding hydrogens is 468 g/mol. The van der Waals surface area contributed by atoms with Crippen molar-refractivity contribution in [1.29, 1.82) is 0 Å². The lowest BCUT2D eigenvalue weighted by Gasteiger charge is -2.12. The van der Waals surface area contributed by atoms with E-state index in [0.29, 0.717) is 22.6 Å². The van der Waals surface area contributed by atoms with Crippen molar-refractivity contribution in [3.63, 3.8) is 0 Å². The molecule has 4 aromatic rings. The van der Waals surface area contributed by atoms with E-state index >= 15 is 0 Å². The van der Waals surface area contributed by atoms with E-state index in [9.17, 15) is 4.79 Å². The van der Waals surface area contributed by atoms with Crippen LogP contribution in [0.2, 0.25) is 5.02 Å². The van der Waals surface area contributed by atoms with Gasteiger partial charge in [-0.1, -0.05) is 41.6 Å². The van der Waals surface area contributed by atoms with Gasteiger partial charge in [0, 0.05) is 16.9 Å². The Bertz CT molecular complexity index is 1280. The van der Waals surface area contributed by atoms with Gasteiger partial charge in [-0.05, 0) is 80.4 Å². The zero-order valence-corrected chi connectivity index (χ0v) is 20.8. The summed E-state index contributed by atoms with van der Waals surface area (Å²) in [6.07, 6.45) is 0. The third-order valence-electron chi connectivity index (χ3n) is 4.99. The number of hydrogen-bond acceptors (Lipinski definition) is 5. The fourth-order valence-corrected chi connectivity index (χ4v) is 4.62. The van der Waals surface area contributed by atoms with Crippen molar-refractivity contribution in [2.24, 2.45) is 0 Å². The SMILES string of the molecule is CCOc1ccc(-n2c(SCC(=O)Nc3cc(C)cc(C)c3)nnc2-c2ccccc2Cl)cc1. The maximum Gasteiger partial charge on any atom is 0.234 e. The van der Waals surface area contributed by atoms with Crippen LogP contribution in [0.1, 0.15) is 18.1 Å². The molecule has 6 nitrogen and oxygen atoms in total. The molecule has 8 heteroatoms. The topological polar surface area (TPSA) is 69.0 Å². The summed E-state index contributed by atoms with van der Waals surface area (Å²) in [5, 5.41) is 12.9. The van der Waals surface area contributed by atoms with Crippen molar-refractivity contribution in [3.8, 4) is 22.8 Å². The van der Waals surface area contributed by atoms with Gasteiger partial charge < -0.3 is 10.1 Å². The van der Waals surface area contributed by atoms with Crippen LogP contribution in [-0.2, 0) is 4.79 Å². The summed E-state index contributed by atoms with van der Waals surface area (Å²) < 4.78 is 7.48. The van der Waals surface area contributed by atoms with E-state index < -0.39 is 0 Å². The second kappa shape index (κ2) is 10.8. The maximum atomic E-state index is 12.7. The Morgan fingerprint density at radius 3 is 2.41 bits per heavy atom. The van der Waals surface area contributed by atoms with Crippen LogP contribution in [-0.4, -0.2) is 33.0 Å². The van der Waals surface area contributed by atoms with Crippen LogP contribution in [0.15, 0.2) is 71.9 Å². The molecule has 1 amide bonds. The largest absolute Gasteiger partial charge is 0.494 e. The van der Waals surface area contributed by atoms with Crippen LogP contribution in [0.5, 0.6) is 5.75 Å². The summed E-state index contributed by atoms with van der Waals surface area (Å²) in [6.45, 7) is 6.55. The van der Waals surface area contributed by atoms with Gasteiger partial charge in [0.05, 0.1) is 17.4 Å². The molecule has 0 fully saturated rings. The molecule has 1 heterocycles. The molecule has 1 aromatic heterocycles. The monoisotopic (exact) mass is 492 g/mol. The number of aryl methyl sites for hydroxylation is 2. The van der Waals surface area contributed by atoms with Crippen molar-refractivity contribution in [2.45, 2.75) is 25.9 Å². The Hall–Kier alpha value is -3.29. The summed E-state index contributed by atoms with van der Waals surface area (Å²) in [5.41, 5.74) is 4.59. The number of halogens is 1. The first kappa shape index (κ1) is 23.9. The molecule has 34 heavy (non-hydrogen) atoms. The van der Waals surface area contributed by atoms with Crippen LogP contribution in [0.3, 0.4) is 0 Å². The van der Waals surface area contributed by atoms with Gasteiger partial charge in [0.1, 0.15) is 5.75 Å². The highest BCUT2D eigenvalue weighted by molar-refractivity contribution is 7.99. The van der Waals surface area contributed by atoms with Crippen LogP contribution < -0.4 is 10.1 Å². The van der Waals surface area contributed by atoms with Crippen molar-refractivity contribution < 1.29 is 9.53 Å². The van der Waals surface area contributed by atoms with Gasteiger partial charge in [0.25, 0.3) is 0 Å². The first-order valence-electron chi connectivity index (χ1n) is 10.9. The standard InChI is InChI=1S/C26H25ClN4O2S/c1-4-33-21-11-9-20(10-12-21)31-25(22-7-5-6-8-23(22)27)29-30-26(31)34-16-24(32)28-19-14-17(2)13-18(3)15-19/h5-15H,4,16H2,1-3H3,(H,28,32). The van der Waals surface area contributed by atoms with Crippen molar-refractivity contribution in [2.75, 3.05) is 17.7 Å². The third-order valence-corrected chi connectivity index (χ3v) is 6.25. The summed E-state index contributed by atoms with van der Waals surface area (Å²) in [6, 6.07) is 21.1. The van der Waals surface area contributed by atoms with E-state index in [1.54, 1.807) is 0 Å². The zero-order valence-electron chi connectivity index (χ0n) is 19.2. The van der Waals surface area contributed by atoms with Gasteiger partial charge in [-0.15, -0.1) is 10.2 Å². The molecule has 0 aliphatic carbocycles. The van der Waals surface area contributed by atoms with Gasteiger partial charge in [-0.2, -0.15) is 0 Å². The fraction of sp³-hybridized carbons (Fsp3) is 0.192. The Morgan fingerprint density at radius 2 is 1.74 bits per heavy atom. The smallest absolute Gasteiger partial charge is 0.234 e. The number of ether oxygens (including phenoxy) is 1. The van der Waals surface area contributed by atoms with Gasteiger partial charge in [0.15, 0.2) is 11.0 Å². The van der Waals surface area contributed by atoms with Crippen LogP contribution in [0.4, 0.5) is 5.69 Å². The highest BCUT2D eigenvalue weighted by atomic mass is 35.5. The average molecular weight is 493 g/mol. The first-order valence-corrected chi connectivity index (χ1v) is 12.3. The number of nitrogens with zero attached hydrogens (tertiary/aromatic N) is 3. The van der Waals surface area contributed by atoms with E-state index in [0.717, 1.165) is 33.8 Å². The fourth-order valence-electron chi connectivity index (χ4n) is 3.65. The van der Waals surface area contributed by atoms with E-state index in [2.05, 4.69) is 21.6 Å². The van der Waals surface area contributed by atoms with E-state index in [1.165, 1.54) is 11.8 Å². The number of benzene rings is 3. The second-order valence-electron chi connectivity index (χ2n) is 7.76. The Balaban J connectivity index is 1.61. The number of nitrogens with one attached hydrogen (secondary N) is 1. The lowest BCUT2D eigenvalue weighted by Crippen LogP contribution is -2.14. The third kappa shape index (κ3) is 5.61. The predicted octanol–water partition coefficient (Wildman–Crippen LogP) is 6.33. The zero-order chi connectivity index (χ0) is 24.1. The van der Waals surface area contributed by atoms with Crippen LogP contribution in [0, 0.1) is 13.8 Å². The Kier molecular flexibility index (Phi) is 7.55. The molecule has 1 N–H and O–H groups in total. The number of anilines is 1. The quantitative estimate of drug-likeness (QED) is 0.291. The van der Waals surface area contributed by atoms with E-state index in [4.69, 9.17) is 16.3 Å². The van der Waals surface area contributed by atoms with Gasteiger partial charge >= 0.3 is 0 Å². The van der Waals surface area contributed by atoms with Crippen molar-refractivity contribution in [3.05, 3.63) is 82.9 Å². The maximum absolute atomic E-state index is 12.7. The lowest BCUT2D eigenvalue weighted by molar-refractivity contribution is -0.113. The van der Waals surface area contributed by atoms with Crippen molar-refractivity contribution >= 4 is 35.0 Å². The average Bonchev–Trinajstić information content (AvgIpc) is 3.22. The second-order valence-corrected chi connectivity index (χ2v) is 9.11. The van der Waals surface area contributed by atoms with Gasteiger partial charge in [0.2, 0.25) is 5.91 Å². The summed E-state index contributed by atoms with van der Waals surface area (Å²) in [4.78, 5) is 12.7. The predicted molar refractivity (Wildman–Crippen MR) is 138 cm³/mol. The number of hydrogen-bond donors (Lipinski definition) is 1. The van der Waals surface area contributed by atoms with Crippen LogP contribution in [0.25, 0.3) is 17.1 Å². The molecule has 0 atom stereocenters. The molecule has 0 unspecified atom stereocenters. The molecule has 0 radical (unpaired) electrons. The molecule has 0 aliphatic heterocycles. The minimum atomic E-state index is -0.115. The highest BCUT2D eigenvalue weighted by Gasteiger charge is 2.19. The Morgan fingerprint density at radius 1 is 1.03 bits per heavy atom. The number of amides is 1. The van der Waals surface area contributed by atoms with Crippen LogP contribution >= 0.6 is 23.4 Å². The van der Waals surface area contributed by atoms with E-state index in [-0.39, 0.29) is 11.7 Å². The van der Waals surface area contributed by atoms with Gasteiger partial charge in [-0.3, -0.25) is 9.36 Å². The minimum Gasteiger partial charge on any atom is -0.494 e. The molecule has 0 bridgehead atoms. The molecule has 174 valence electrons. The molecule has 3 aromatic carbocycles. The normalized spacial score (nSPS) is 10.8. The molecule has 0 saturated heterocycles. The molecule has 0 aliphatic rings. The lowest BCUT2D eigenvalue weighted by atomic mass is 10.1. The molecular formula is C26H25ClN4O2S. The molecule has 0 spiro atoms. The van der Waals surface area contributed by atoms with Gasteiger partial charge in [-0.25, -0.2) is 0 Å². The first-order chi connectivity index (χ1) is 16.4. The van der Waals surface area contributed by atoms with E-state index in [1.807, 2.05) is 86.0 Å². The minimum absolute atomic E-state index is 0.115. The summed E-state index contributed by atoms with van der Waals surface area (Å²) in [5.74, 6) is 1.45. The highest BCUT2D eigenvalue weighted by Crippen LogP contribution is 2.32. The summed E-state index contributed by atoms with van der Waals surface area (Å²) in [7, 11) is 0. The Labute approximate surface area is 208 Å². The summed E-state index contributed by atoms with van der Waals surface area (Å²) >= 11 is 7.78. The molecule has 0 saturated carbocycles. The number of carbonyl (C=O) groups is 1. The van der Waals surface area contributed by atoms with Crippen molar-refractivity contribution in [1.82, 2.24) is 14.8 Å². The molecule has 4 rings (SSSR count). The number of aromatic nitrogens is 3. The number of rotatable bonds is 8. The number of carbonyl (C=O) groups excluding carboxylic acids is 1.